The van der Waals surface area contributed by atoms with Crippen molar-refractivity contribution in [1.82, 2.24) is 10.2 Å². The van der Waals surface area contributed by atoms with Crippen LogP contribution in [-0.4, -0.2) is 10.2 Å². The van der Waals surface area contributed by atoms with E-state index in [9.17, 15) is 0 Å². The molecule has 0 bridgehead atoms. The summed E-state index contributed by atoms with van der Waals surface area (Å²) in [4.78, 5) is 0. The van der Waals surface area contributed by atoms with E-state index in [0.717, 1.165) is 5.69 Å². The van der Waals surface area contributed by atoms with Crippen LogP contribution in [0.25, 0.3) is 6.08 Å². The Labute approximate surface area is 47.9 Å². The van der Waals surface area contributed by atoms with E-state index in [0.29, 0.717) is 0 Å². The normalized spacial score (nSPS) is 8.50. The second-order valence-corrected chi connectivity index (χ2v) is 1.35. The lowest BCUT2D eigenvalue weighted by Crippen LogP contribution is -1.80. The third-order valence-corrected chi connectivity index (χ3v) is 0.802. The van der Waals surface area contributed by atoms with Gasteiger partial charge in [0.1, 0.15) is 0 Å². The molecule has 0 atom stereocenters. The fourth-order valence-corrected chi connectivity index (χ4v) is 0.422. The maximum atomic E-state index is 3.73. The fraction of sp³-hybridized carbons (Fsp3) is 0. The lowest BCUT2D eigenvalue weighted by Gasteiger charge is -1.83. The molecule has 0 saturated carbocycles. The zero-order valence-electron chi connectivity index (χ0n) is 4.41. The van der Waals surface area contributed by atoms with Crippen molar-refractivity contribution in [2.75, 3.05) is 0 Å². The van der Waals surface area contributed by atoms with E-state index in [1.165, 1.54) is 0 Å². The van der Waals surface area contributed by atoms with Crippen LogP contribution in [0.2, 0.25) is 0 Å². The first kappa shape index (κ1) is 4.97. The summed E-state index contributed by atoms with van der Waals surface area (Å²) in [5.41, 5.74) is 0.813. The van der Waals surface area contributed by atoms with Crippen LogP contribution in [0.4, 0.5) is 0 Å². The standard InChI is InChI=1S/C6H6N2/c1-2-6-4-3-5-7-8-6/h2-5H,1H2. The highest BCUT2D eigenvalue weighted by Crippen LogP contribution is 1.89. The Morgan fingerprint density at radius 1 is 1.62 bits per heavy atom. The zero-order valence-corrected chi connectivity index (χ0v) is 4.41. The number of rotatable bonds is 1. The van der Waals surface area contributed by atoms with E-state index < -0.39 is 0 Å². The van der Waals surface area contributed by atoms with Gasteiger partial charge in [-0.25, -0.2) is 0 Å². The van der Waals surface area contributed by atoms with Gasteiger partial charge < -0.3 is 0 Å². The maximum Gasteiger partial charge on any atom is 0.0851 e. The molecule has 8 heavy (non-hydrogen) atoms. The molecule has 0 aliphatic heterocycles. The summed E-state index contributed by atoms with van der Waals surface area (Å²) < 4.78 is 0. The summed E-state index contributed by atoms with van der Waals surface area (Å²) >= 11 is 0. The van der Waals surface area contributed by atoms with Crippen LogP contribution in [0.5, 0.6) is 0 Å². The molecule has 1 rings (SSSR count). The number of aromatic nitrogens is 2. The molecule has 0 amide bonds. The molecule has 0 aliphatic carbocycles. The van der Waals surface area contributed by atoms with E-state index >= 15 is 0 Å². The second kappa shape index (κ2) is 2.21. The van der Waals surface area contributed by atoms with Crippen LogP contribution in [0.3, 0.4) is 0 Å². The predicted molar refractivity (Wildman–Crippen MR) is 32.1 cm³/mol. The monoisotopic (exact) mass is 106 g/mol. The highest BCUT2D eigenvalue weighted by Gasteiger charge is 1.78. The highest BCUT2D eigenvalue weighted by atomic mass is 15.1. The van der Waals surface area contributed by atoms with Gasteiger partial charge in [0.05, 0.1) is 5.69 Å². The van der Waals surface area contributed by atoms with Gasteiger partial charge in [-0.3, -0.25) is 0 Å². The van der Waals surface area contributed by atoms with Gasteiger partial charge >= 0.3 is 0 Å². The second-order valence-electron chi connectivity index (χ2n) is 1.35. The van der Waals surface area contributed by atoms with Gasteiger partial charge in [0.2, 0.25) is 0 Å². The zero-order chi connectivity index (χ0) is 5.82. The first-order valence-electron chi connectivity index (χ1n) is 2.33. The maximum absolute atomic E-state index is 3.73. The van der Waals surface area contributed by atoms with E-state index in [1.807, 2.05) is 12.1 Å². The summed E-state index contributed by atoms with van der Waals surface area (Å²) in [6, 6.07) is 3.67. The van der Waals surface area contributed by atoms with Crippen molar-refractivity contribution in [2.24, 2.45) is 0 Å². The lowest BCUT2D eigenvalue weighted by atomic mass is 10.4. The molecule has 0 radical (unpaired) electrons. The minimum Gasteiger partial charge on any atom is -0.159 e. The van der Waals surface area contributed by atoms with Gasteiger partial charge in [-0.1, -0.05) is 6.58 Å². The van der Waals surface area contributed by atoms with Gasteiger partial charge in [0.15, 0.2) is 0 Å². The Bertz CT molecular complexity index is 169. The van der Waals surface area contributed by atoms with Crippen LogP contribution in [-0.2, 0) is 0 Å². The quantitative estimate of drug-likeness (QED) is 0.536. The largest absolute Gasteiger partial charge is 0.159 e. The van der Waals surface area contributed by atoms with Crippen LogP contribution in [0.15, 0.2) is 24.9 Å². The highest BCUT2D eigenvalue weighted by molar-refractivity contribution is 5.39. The van der Waals surface area contributed by atoms with Crippen LogP contribution in [0, 0.1) is 0 Å². The molecule has 0 N–H and O–H groups in total. The Morgan fingerprint density at radius 3 is 2.88 bits per heavy atom. The van der Waals surface area contributed by atoms with Crippen LogP contribution in [0.1, 0.15) is 5.69 Å². The molecule has 2 heteroatoms. The van der Waals surface area contributed by atoms with Crippen molar-refractivity contribution in [3.05, 3.63) is 30.6 Å². The molecule has 1 aromatic rings. The van der Waals surface area contributed by atoms with Crippen LogP contribution < -0.4 is 0 Å². The van der Waals surface area contributed by atoms with Crippen molar-refractivity contribution < 1.29 is 0 Å². The van der Waals surface area contributed by atoms with Crippen molar-refractivity contribution in [2.45, 2.75) is 0 Å². The average Bonchev–Trinajstić information content (AvgIpc) is 1.90. The summed E-state index contributed by atoms with van der Waals surface area (Å²) in [7, 11) is 0. The topological polar surface area (TPSA) is 25.8 Å². The summed E-state index contributed by atoms with van der Waals surface area (Å²) in [5, 5.41) is 7.36. The van der Waals surface area contributed by atoms with E-state index in [2.05, 4.69) is 16.8 Å². The van der Waals surface area contributed by atoms with Gasteiger partial charge in [0.25, 0.3) is 0 Å². The number of hydrogen-bond acceptors (Lipinski definition) is 2. The SMILES string of the molecule is C=Cc1cccnn1. The number of nitrogens with zero attached hydrogens (tertiary/aromatic N) is 2. The van der Waals surface area contributed by atoms with E-state index in [4.69, 9.17) is 0 Å². The molecule has 1 heterocycles. The average molecular weight is 106 g/mol. The van der Waals surface area contributed by atoms with Gasteiger partial charge in [-0.15, -0.1) is 0 Å². The molecule has 0 fully saturated rings. The lowest BCUT2D eigenvalue weighted by molar-refractivity contribution is 1.02. The minimum absolute atomic E-state index is 0.813. The Balaban J connectivity index is 2.99. The van der Waals surface area contributed by atoms with E-state index in [-0.39, 0.29) is 0 Å². The van der Waals surface area contributed by atoms with Crippen molar-refractivity contribution in [3.63, 3.8) is 0 Å². The van der Waals surface area contributed by atoms with Crippen molar-refractivity contribution in [3.8, 4) is 0 Å². The third kappa shape index (κ3) is 0.904. The molecule has 0 spiro atoms. The predicted octanol–water partition coefficient (Wildman–Crippen LogP) is 1.12. The molecule has 2 nitrogen and oxygen atoms in total. The smallest absolute Gasteiger partial charge is 0.0851 e. The summed E-state index contributed by atoms with van der Waals surface area (Å²) in [6.07, 6.45) is 3.29. The first-order chi connectivity index (χ1) is 3.93. The molecule has 0 unspecified atom stereocenters. The molecule has 0 aromatic carbocycles. The summed E-state index contributed by atoms with van der Waals surface area (Å²) in [5.74, 6) is 0. The fourth-order valence-electron chi connectivity index (χ4n) is 0.422. The number of hydrogen-bond donors (Lipinski definition) is 0. The van der Waals surface area contributed by atoms with Crippen molar-refractivity contribution >= 4 is 6.08 Å². The Hall–Kier alpha value is -1.18. The third-order valence-electron chi connectivity index (χ3n) is 0.802. The van der Waals surface area contributed by atoms with Gasteiger partial charge in [-0.05, 0) is 18.2 Å². The van der Waals surface area contributed by atoms with E-state index in [1.54, 1.807) is 12.3 Å². The molecule has 0 saturated heterocycles. The van der Waals surface area contributed by atoms with Crippen LogP contribution >= 0.6 is 0 Å². The first-order valence-corrected chi connectivity index (χ1v) is 2.33. The van der Waals surface area contributed by atoms with Gasteiger partial charge in [0, 0.05) is 6.20 Å². The van der Waals surface area contributed by atoms with Gasteiger partial charge in [-0.2, -0.15) is 10.2 Å². The minimum atomic E-state index is 0.813. The van der Waals surface area contributed by atoms with Crippen molar-refractivity contribution in [1.29, 1.82) is 0 Å². The Morgan fingerprint density at radius 2 is 2.50 bits per heavy atom. The molecular formula is C6H6N2. The molecular weight excluding hydrogens is 100 g/mol. The molecule has 1 aromatic heterocycles. The molecule has 0 aliphatic rings. The Kier molecular flexibility index (Phi) is 1.37. The summed E-state index contributed by atoms with van der Waals surface area (Å²) in [6.45, 7) is 3.53. The molecule has 40 valence electrons.